The maximum atomic E-state index is 12.3. The maximum Gasteiger partial charge on any atom is 0.232 e. The van der Waals surface area contributed by atoms with Crippen LogP contribution in [0.4, 0.5) is 0 Å². The summed E-state index contributed by atoms with van der Waals surface area (Å²) in [6.45, 7) is 10.6. The third kappa shape index (κ3) is 3.18. The predicted octanol–water partition coefficient (Wildman–Crippen LogP) is 2.62. The van der Waals surface area contributed by atoms with Gasteiger partial charge >= 0.3 is 0 Å². The van der Waals surface area contributed by atoms with Gasteiger partial charge in [0.25, 0.3) is 0 Å². The second kappa shape index (κ2) is 5.99. The molecule has 0 aliphatic carbocycles. The van der Waals surface area contributed by atoms with E-state index in [0.717, 1.165) is 6.42 Å². The molecule has 0 bridgehead atoms. The average molecular weight is 237 g/mol. The molecule has 0 aromatic rings. The molecule has 1 aliphatic heterocycles. The Morgan fingerprint density at radius 3 is 2.53 bits per heavy atom. The molecule has 0 N–H and O–H groups in total. The van der Waals surface area contributed by atoms with Crippen molar-refractivity contribution in [3.05, 3.63) is 12.7 Å². The summed E-state index contributed by atoms with van der Waals surface area (Å²) in [4.78, 5) is 25.4. The van der Waals surface area contributed by atoms with Crippen molar-refractivity contribution in [2.75, 3.05) is 6.54 Å². The molecule has 1 aliphatic rings. The Morgan fingerprint density at radius 2 is 2.12 bits per heavy atom. The van der Waals surface area contributed by atoms with Crippen molar-refractivity contribution in [2.24, 2.45) is 17.8 Å². The first kappa shape index (κ1) is 13.9. The highest BCUT2D eigenvalue weighted by atomic mass is 16.2. The van der Waals surface area contributed by atoms with Crippen LogP contribution in [0.3, 0.4) is 0 Å². The molecular formula is C14H23NO2. The van der Waals surface area contributed by atoms with E-state index in [9.17, 15) is 9.59 Å². The van der Waals surface area contributed by atoms with Crippen LogP contribution in [0, 0.1) is 17.8 Å². The smallest absolute Gasteiger partial charge is 0.232 e. The van der Waals surface area contributed by atoms with E-state index in [-0.39, 0.29) is 23.7 Å². The summed E-state index contributed by atoms with van der Waals surface area (Å²) in [5.74, 6) is 0.582. The van der Waals surface area contributed by atoms with Gasteiger partial charge in [0.2, 0.25) is 11.8 Å². The minimum absolute atomic E-state index is 0.00593. The number of hydrogen-bond acceptors (Lipinski definition) is 2. The van der Waals surface area contributed by atoms with Crippen LogP contribution in [0.1, 0.15) is 40.0 Å². The highest BCUT2D eigenvalue weighted by Crippen LogP contribution is 2.27. The normalized spacial score (nSPS) is 19.5. The summed E-state index contributed by atoms with van der Waals surface area (Å²) in [5.41, 5.74) is 0. The molecule has 17 heavy (non-hydrogen) atoms. The Bertz CT molecular complexity index is 309. The third-order valence-corrected chi connectivity index (χ3v) is 3.76. The number of allylic oxidation sites excluding steroid dienone is 1. The van der Waals surface area contributed by atoms with Crippen LogP contribution in [0.2, 0.25) is 0 Å². The van der Waals surface area contributed by atoms with Gasteiger partial charge in [-0.25, -0.2) is 0 Å². The second-order valence-electron chi connectivity index (χ2n) is 5.22. The fourth-order valence-electron chi connectivity index (χ4n) is 2.27. The number of amides is 2. The van der Waals surface area contributed by atoms with Crippen LogP contribution in [-0.2, 0) is 9.59 Å². The van der Waals surface area contributed by atoms with Crippen molar-refractivity contribution in [2.45, 2.75) is 40.0 Å². The number of hydrogen-bond donors (Lipinski definition) is 0. The van der Waals surface area contributed by atoms with E-state index in [1.54, 1.807) is 6.08 Å². The Morgan fingerprint density at radius 1 is 1.47 bits per heavy atom. The highest BCUT2D eigenvalue weighted by molar-refractivity contribution is 5.97. The monoisotopic (exact) mass is 237 g/mol. The van der Waals surface area contributed by atoms with Gasteiger partial charge in [-0.3, -0.25) is 14.5 Å². The van der Waals surface area contributed by atoms with Gasteiger partial charge in [-0.2, -0.15) is 0 Å². The first-order valence-electron chi connectivity index (χ1n) is 6.44. The molecule has 0 saturated carbocycles. The lowest BCUT2D eigenvalue weighted by Gasteiger charge is -2.28. The fraction of sp³-hybridized carbons (Fsp3) is 0.714. The van der Waals surface area contributed by atoms with Gasteiger partial charge in [-0.05, 0) is 24.7 Å². The van der Waals surface area contributed by atoms with Gasteiger partial charge in [0, 0.05) is 18.9 Å². The van der Waals surface area contributed by atoms with Crippen molar-refractivity contribution < 1.29 is 9.59 Å². The maximum absolute atomic E-state index is 12.3. The third-order valence-electron chi connectivity index (χ3n) is 3.76. The number of carbonyl (C=O) groups is 2. The summed E-state index contributed by atoms with van der Waals surface area (Å²) in [7, 11) is 0. The lowest BCUT2D eigenvalue weighted by molar-refractivity contribution is -0.146. The van der Waals surface area contributed by atoms with Gasteiger partial charge in [0.15, 0.2) is 0 Å². The Labute approximate surface area is 104 Å². The predicted molar refractivity (Wildman–Crippen MR) is 68.3 cm³/mol. The van der Waals surface area contributed by atoms with Crippen molar-refractivity contribution in [3.63, 3.8) is 0 Å². The van der Waals surface area contributed by atoms with E-state index in [1.165, 1.54) is 4.90 Å². The van der Waals surface area contributed by atoms with E-state index in [0.29, 0.717) is 25.3 Å². The van der Waals surface area contributed by atoms with E-state index < -0.39 is 0 Å². The Balaban J connectivity index is 2.79. The summed E-state index contributed by atoms with van der Waals surface area (Å²) in [6, 6.07) is 0. The van der Waals surface area contributed by atoms with Crippen LogP contribution in [0.15, 0.2) is 12.7 Å². The number of nitrogens with zero attached hydrogens (tertiary/aromatic N) is 1. The van der Waals surface area contributed by atoms with Crippen molar-refractivity contribution >= 4 is 11.8 Å². The molecule has 3 nitrogen and oxygen atoms in total. The average Bonchev–Trinajstić information content (AvgIpc) is 2.70. The molecule has 2 atom stereocenters. The molecule has 1 heterocycles. The van der Waals surface area contributed by atoms with Crippen LogP contribution in [0.5, 0.6) is 0 Å². The zero-order valence-corrected chi connectivity index (χ0v) is 11.1. The molecule has 2 amide bonds. The van der Waals surface area contributed by atoms with E-state index in [1.807, 2.05) is 0 Å². The Hall–Kier alpha value is -1.12. The van der Waals surface area contributed by atoms with Crippen molar-refractivity contribution in [1.29, 1.82) is 0 Å². The molecule has 0 unspecified atom stereocenters. The second-order valence-corrected chi connectivity index (χ2v) is 5.22. The molecule has 3 heteroatoms. The van der Waals surface area contributed by atoms with E-state index >= 15 is 0 Å². The molecular weight excluding hydrogens is 214 g/mol. The van der Waals surface area contributed by atoms with Gasteiger partial charge in [0.1, 0.15) is 0 Å². The largest absolute Gasteiger partial charge is 0.282 e. The van der Waals surface area contributed by atoms with E-state index in [4.69, 9.17) is 0 Å². The molecule has 0 aromatic heterocycles. The lowest BCUT2D eigenvalue weighted by atomic mass is 9.82. The number of rotatable bonds is 5. The zero-order valence-electron chi connectivity index (χ0n) is 11.1. The van der Waals surface area contributed by atoms with Crippen molar-refractivity contribution in [3.8, 4) is 0 Å². The number of imide groups is 1. The lowest BCUT2D eigenvalue weighted by Crippen LogP contribution is -2.40. The SMILES string of the molecule is C=CC[C@@H](C(=O)N1CCCC1=O)[C@@H](C)C(C)C. The fourth-order valence-corrected chi connectivity index (χ4v) is 2.27. The summed E-state index contributed by atoms with van der Waals surface area (Å²) >= 11 is 0. The molecule has 0 radical (unpaired) electrons. The van der Waals surface area contributed by atoms with Crippen LogP contribution < -0.4 is 0 Å². The standard InChI is InChI=1S/C14H23NO2/c1-5-7-12(11(4)10(2)3)14(17)15-9-6-8-13(15)16/h5,10-12H,1,6-9H2,2-4H3/t11-,12+/m0/s1. The van der Waals surface area contributed by atoms with Gasteiger partial charge < -0.3 is 0 Å². The molecule has 0 spiro atoms. The first-order chi connectivity index (χ1) is 7.99. The van der Waals surface area contributed by atoms with Gasteiger partial charge in [0.05, 0.1) is 0 Å². The van der Waals surface area contributed by atoms with E-state index in [2.05, 4.69) is 27.4 Å². The Kier molecular flexibility index (Phi) is 4.91. The molecule has 0 aromatic carbocycles. The van der Waals surface area contributed by atoms with Crippen molar-refractivity contribution in [1.82, 2.24) is 4.90 Å². The summed E-state index contributed by atoms with van der Waals surface area (Å²) < 4.78 is 0. The molecule has 96 valence electrons. The minimum atomic E-state index is -0.102. The van der Waals surface area contributed by atoms with Crippen LogP contribution in [0.25, 0.3) is 0 Å². The quantitative estimate of drug-likeness (QED) is 0.689. The number of carbonyl (C=O) groups excluding carboxylic acids is 2. The highest BCUT2D eigenvalue weighted by Gasteiger charge is 2.34. The minimum Gasteiger partial charge on any atom is -0.282 e. The van der Waals surface area contributed by atoms with Crippen LogP contribution in [-0.4, -0.2) is 23.3 Å². The topological polar surface area (TPSA) is 37.4 Å². The molecule has 1 rings (SSSR count). The first-order valence-corrected chi connectivity index (χ1v) is 6.44. The summed E-state index contributed by atoms with van der Waals surface area (Å²) in [6.07, 6.45) is 3.76. The summed E-state index contributed by atoms with van der Waals surface area (Å²) in [5, 5.41) is 0. The molecule has 1 saturated heterocycles. The molecule has 1 fully saturated rings. The van der Waals surface area contributed by atoms with Crippen LogP contribution >= 0.6 is 0 Å². The van der Waals surface area contributed by atoms with Gasteiger partial charge in [-0.1, -0.05) is 26.8 Å². The number of likely N-dealkylation sites (tertiary alicyclic amines) is 1. The van der Waals surface area contributed by atoms with Gasteiger partial charge in [-0.15, -0.1) is 6.58 Å². The zero-order chi connectivity index (χ0) is 13.0.